The molecule has 0 spiro atoms. The summed E-state index contributed by atoms with van der Waals surface area (Å²) in [4.78, 5) is 7.84. The van der Waals surface area contributed by atoms with Crippen molar-refractivity contribution in [2.75, 3.05) is 11.9 Å². The minimum absolute atomic E-state index is 0.514. The number of aromatic nitrogens is 2. The molecule has 0 fully saturated rings. The summed E-state index contributed by atoms with van der Waals surface area (Å²) in [7, 11) is 0. The lowest BCUT2D eigenvalue weighted by Crippen LogP contribution is -2.02. The van der Waals surface area contributed by atoms with Gasteiger partial charge in [-0.15, -0.1) is 0 Å². The van der Waals surface area contributed by atoms with E-state index in [1.807, 2.05) is 0 Å². The SMILES string of the molecule is C=C(Cl)CNc1cnccn1. The van der Waals surface area contributed by atoms with Gasteiger partial charge in [0.15, 0.2) is 0 Å². The van der Waals surface area contributed by atoms with Gasteiger partial charge in [0.1, 0.15) is 5.82 Å². The summed E-state index contributed by atoms with van der Waals surface area (Å²) < 4.78 is 0. The Hall–Kier alpha value is -1.09. The number of nitrogens with one attached hydrogen (secondary N) is 1. The van der Waals surface area contributed by atoms with E-state index in [0.717, 1.165) is 0 Å². The van der Waals surface area contributed by atoms with Gasteiger partial charge in [0, 0.05) is 17.4 Å². The van der Waals surface area contributed by atoms with Crippen molar-refractivity contribution in [2.45, 2.75) is 0 Å². The number of hydrogen-bond donors (Lipinski definition) is 1. The van der Waals surface area contributed by atoms with Gasteiger partial charge < -0.3 is 5.32 Å². The highest BCUT2D eigenvalue weighted by Crippen LogP contribution is 2.00. The fraction of sp³-hybridized carbons (Fsp3) is 0.143. The Kier molecular flexibility index (Phi) is 2.86. The van der Waals surface area contributed by atoms with E-state index < -0.39 is 0 Å². The van der Waals surface area contributed by atoms with Crippen molar-refractivity contribution in [2.24, 2.45) is 0 Å². The number of rotatable bonds is 3. The summed E-state index contributed by atoms with van der Waals surface area (Å²) in [5.41, 5.74) is 0. The molecule has 4 heteroatoms. The summed E-state index contributed by atoms with van der Waals surface area (Å²) in [5, 5.41) is 3.49. The van der Waals surface area contributed by atoms with Crippen LogP contribution in [-0.4, -0.2) is 16.5 Å². The standard InChI is InChI=1S/C7H8ClN3/c1-6(8)4-11-7-5-9-2-3-10-7/h2-3,5H,1,4H2,(H,10,11). The second-order valence-electron chi connectivity index (χ2n) is 1.96. The Morgan fingerprint density at radius 2 is 2.45 bits per heavy atom. The maximum Gasteiger partial charge on any atom is 0.144 e. The second-order valence-corrected chi connectivity index (χ2v) is 2.50. The highest BCUT2D eigenvalue weighted by atomic mass is 35.5. The van der Waals surface area contributed by atoms with Crippen molar-refractivity contribution < 1.29 is 0 Å². The van der Waals surface area contributed by atoms with Gasteiger partial charge in [-0.05, 0) is 0 Å². The third-order valence-corrected chi connectivity index (χ3v) is 1.16. The summed E-state index contributed by atoms with van der Waals surface area (Å²) in [6.07, 6.45) is 4.85. The minimum atomic E-state index is 0.514. The van der Waals surface area contributed by atoms with Crippen LogP contribution in [0.5, 0.6) is 0 Å². The first-order valence-corrected chi connectivity index (χ1v) is 3.50. The topological polar surface area (TPSA) is 37.8 Å². The van der Waals surface area contributed by atoms with E-state index in [0.29, 0.717) is 17.4 Å². The molecule has 0 saturated carbocycles. The largest absolute Gasteiger partial charge is 0.364 e. The Labute approximate surface area is 70.1 Å². The molecule has 0 atom stereocenters. The van der Waals surface area contributed by atoms with Gasteiger partial charge >= 0.3 is 0 Å². The van der Waals surface area contributed by atoms with Crippen molar-refractivity contribution in [3.05, 3.63) is 30.2 Å². The molecule has 1 aromatic rings. The van der Waals surface area contributed by atoms with Crippen molar-refractivity contribution in [3.63, 3.8) is 0 Å². The average Bonchev–Trinajstić information content (AvgIpc) is 2.03. The first-order chi connectivity index (χ1) is 5.29. The van der Waals surface area contributed by atoms with Gasteiger partial charge in [0.05, 0.1) is 12.7 Å². The van der Waals surface area contributed by atoms with Gasteiger partial charge in [0.2, 0.25) is 0 Å². The van der Waals surface area contributed by atoms with Crippen molar-refractivity contribution in [1.82, 2.24) is 9.97 Å². The zero-order chi connectivity index (χ0) is 8.10. The van der Waals surface area contributed by atoms with Crippen LogP contribution in [0.15, 0.2) is 30.2 Å². The molecule has 1 heterocycles. The lowest BCUT2D eigenvalue weighted by Gasteiger charge is -2.00. The lowest BCUT2D eigenvalue weighted by molar-refractivity contribution is 1.15. The Bertz CT molecular complexity index is 235. The lowest BCUT2D eigenvalue weighted by atomic mass is 10.5. The molecule has 0 aliphatic carbocycles. The summed E-state index contributed by atoms with van der Waals surface area (Å²) in [6.45, 7) is 4.04. The molecule has 3 nitrogen and oxygen atoms in total. The van der Waals surface area contributed by atoms with Crippen LogP contribution in [-0.2, 0) is 0 Å². The molecule has 0 aromatic carbocycles. The van der Waals surface area contributed by atoms with E-state index in [1.165, 1.54) is 0 Å². The molecule has 0 aliphatic heterocycles. The zero-order valence-electron chi connectivity index (χ0n) is 5.92. The molecule has 0 saturated heterocycles. The number of nitrogens with zero attached hydrogens (tertiary/aromatic N) is 2. The Balaban J connectivity index is 2.45. The highest BCUT2D eigenvalue weighted by molar-refractivity contribution is 6.29. The molecular weight excluding hydrogens is 162 g/mol. The summed E-state index contributed by atoms with van der Waals surface area (Å²) in [5.74, 6) is 0.703. The van der Waals surface area contributed by atoms with E-state index in [2.05, 4.69) is 21.9 Å². The summed E-state index contributed by atoms with van der Waals surface area (Å²) in [6, 6.07) is 0. The molecule has 0 radical (unpaired) electrons. The Morgan fingerprint density at radius 3 is 3.00 bits per heavy atom. The molecule has 1 aromatic heterocycles. The first-order valence-electron chi connectivity index (χ1n) is 3.12. The summed E-state index contributed by atoms with van der Waals surface area (Å²) >= 11 is 5.52. The number of anilines is 1. The molecule has 1 N–H and O–H groups in total. The maximum absolute atomic E-state index is 5.52. The van der Waals surface area contributed by atoms with Gasteiger partial charge in [-0.2, -0.15) is 0 Å². The quantitative estimate of drug-likeness (QED) is 0.748. The molecule has 58 valence electrons. The van der Waals surface area contributed by atoms with Crippen molar-refractivity contribution >= 4 is 17.4 Å². The smallest absolute Gasteiger partial charge is 0.144 e. The van der Waals surface area contributed by atoms with E-state index in [9.17, 15) is 0 Å². The fourth-order valence-corrected chi connectivity index (χ4v) is 0.644. The van der Waals surface area contributed by atoms with E-state index in [-0.39, 0.29) is 0 Å². The van der Waals surface area contributed by atoms with Gasteiger partial charge in [-0.3, -0.25) is 4.98 Å². The molecular formula is C7H8ClN3. The van der Waals surface area contributed by atoms with E-state index >= 15 is 0 Å². The third-order valence-electron chi connectivity index (χ3n) is 1.02. The maximum atomic E-state index is 5.52. The van der Waals surface area contributed by atoms with Crippen LogP contribution < -0.4 is 5.32 Å². The monoisotopic (exact) mass is 169 g/mol. The van der Waals surface area contributed by atoms with E-state index in [4.69, 9.17) is 11.6 Å². The fourth-order valence-electron chi connectivity index (χ4n) is 0.577. The predicted molar refractivity (Wildman–Crippen MR) is 45.5 cm³/mol. The molecule has 1 rings (SSSR count). The predicted octanol–water partition coefficient (Wildman–Crippen LogP) is 1.64. The second kappa shape index (κ2) is 3.93. The van der Waals surface area contributed by atoms with Crippen LogP contribution >= 0.6 is 11.6 Å². The van der Waals surface area contributed by atoms with Gasteiger partial charge in [-0.1, -0.05) is 18.2 Å². The first kappa shape index (κ1) is 8.01. The van der Waals surface area contributed by atoms with Gasteiger partial charge in [-0.25, -0.2) is 4.98 Å². The zero-order valence-corrected chi connectivity index (χ0v) is 6.67. The van der Waals surface area contributed by atoms with Crippen LogP contribution in [0.2, 0.25) is 0 Å². The van der Waals surface area contributed by atoms with Crippen molar-refractivity contribution in [3.8, 4) is 0 Å². The molecule has 11 heavy (non-hydrogen) atoms. The van der Waals surface area contributed by atoms with Gasteiger partial charge in [0.25, 0.3) is 0 Å². The molecule has 0 bridgehead atoms. The number of hydrogen-bond acceptors (Lipinski definition) is 3. The van der Waals surface area contributed by atoms with Crippen LogP contribution in [0, 0.1) is 0 Å². The van der Waals surface area contributed by atoms with Crippen molar-refractivity contribution in [1.29, 1.82) is 0 Å². The van der Waals surface area contributed by atoms with Crippen LogP contribution in [0.1, 0.15) is 0 Å². The third kappa shape index (κ3) is 3.00. The molecule has 0 amide bonds. The van der Waals surface area contributed by atoms with Crippen LogP contribution in [0.25, 0.3) is 0 Å². The highest BCUT2D eigenvalue weighted by Gasteiger charge is 1.90. The average molecular weight is 170 g/mol. The number of halogens is 1. The molecule has 0 unspecified atom stereocenters. The van der Waals surface area contributed by atoms with Crippen LogP contribution in [0.3, 0.4) is 0 Å². The van der Waals surface area contributed by atoms with E-state index in [1.54, 1.807) is 18.6 Å². The van der Waals surface area contributed by atoms with Crippen LogP contribution in [0.4, 0.5) is 5.82 Å². The minimum Gasteiger partial charge on any atom is -0.364 e. The normalized spacial score (nSPS) is 9.18. The Morgan fingerprint density at radius 1 is 1.64 bits per heavy atom. The molecule has 0 aliphatic rings.